The minimum atomic E-state index is 0.0729. The van der Waals surface area contributed by atoms with E-state index in [0.717, 1.165) is 17.5 Å². The summed E-state index contributed by atoms with van der Waals surface area (Å²) in [6, 6.07) is 8.05. The molecule has 100 valence electrons. The Morgan fingerprint density at radius 1 is 1.28 bits per heavy atom. The molecule has 0 saturated heterocycles. The second-order valence-electron chi connectivity index (χ2n) is 4.89. The molecule has 3 nitrogen and oxygen atoms in total. The van der Waals surface area contributed by atoms with Crippen molar-refractivity contribution in [3.8, 4) is 0 Å². The van der Waals surface area contributed by atoms with Crippen LogP contribution in [0.15, 0.2) is 24.3 Å². The molecule has 1 rings (SSSR count). The molecule has 0 radical (unpaired) electrons. The highest BCUT2D eigenvalue weighted by Crippen LogP contribution is 2.10. The van der Waals surface area contributed by atoms with Gasteiger partial charge in [0.25, 0.3) is 0 Å². The highest BCUT2D eigenvalue weighted by molar-refractivity contribution is 5.79. The molecule has 1 amide bonds. The smallest absolute Gasteiger partial charge is 0.224 e. The Morgan fingerprint density at radius 2 is 1.89 bits per heavy atom. The van der Waals surface area contributed by atoms with Crippen LogP contribution in [0.25, 0.3) is 0 Å². The van der Waals surface area contributed by atoms with Gasteiger partial charge in [-0.15, -0.1) is 0 Å². The van der Waals surface area contributed by atoms with Crippen molar-refractivity contribution in [3.05, 3.63) is 35.4 Å². The summed E-state index contributed by atoms with van der Waals surface area (Å²) in [5, 5.41) is 3.05. The second-order valence-corrected chi connectivity index (χ2v) is 4.89. The van der Waals surface area contributed by atoms with Crippen molar-refractivity contribution in [1.29, 1.82) is 0 Å². The predicted octanol–water partition coefficient (Wildman–Crippen LogP) is 2.24. The molecule has 18 heavy (non-hydrogen) atoms. The third kappa shape index (κ3) is 4.15. The number of hydrogen-bond donors (Lipinski definition) is 2. The zero-order valence-corrected chi connectivity index (χ0v) is 11.6. The van der Waals surface area contributed by atoms with Gasteiger partial charge < -0.3 is 11.1 Å². The van der Waals surface area contributed by atoms with Crippen LogP contribution in [-0.4, -0.2) is 11.9 Å². The van der Waals surface area contributed by atoms with Crippen LogP contribution in [0, 0.1) is 5.92 Å². The summed E-state index contributed by atoms with van der Waals surface area (Å²) in [4.78, 5) is 12.0. The zero-order valence-electron chi connectivity index (χ0n) is 11.6. The van der Waals surface area contributed by atoms with Gasteiger partial charge in [0.05, 0.1) is 6.42 Å². The molecule has 1 aromatic rings. The van der Waals surface area contributed by atoms with E-state index in [-0.39, 0.29) is 11.9 Å². The van der Waals surface area contributed by atoms with Crippen LogP contribution in [0.1, 0.15) is 38.3 Å². The van der Waals surface area contributed by atoms with E-state index in [1.807, 2.05) is 24.3 Å². The molecule has 1 aromatic carbocycles. The summed E-state index contributed by atoms with van der Waals surface area (Å²) in [6.45, 7) is 6.82. The van der Waals surface area contributed by atoms with Crippen LogP contribution in [-0.2, 0) is 17.8 Å². The van der Waals surface area contributed by atoms with Crippen LogP contribution < -0.4 is 11.1 Å². The van der Waals surface area contributed by atoms with E-state index in [2.05, 4.69) is 26.1 Å². The molecule has 3 N–H and O–H groups in total. The lowest BCUT2D eigenvalue weighted by Crippen LogP contribution is -2.37. The maximum absolute atomic E-state index is 12.0. The van der Waals surface area contributed by atoms with Crippen molar-refractivity contribution in [1.82, 2.24) is 5.32 Å². The van der Waals surface area contributed by atoms with Gasteiger partial charge >= 0.3 is 0 Å². The van der Waals surface area contributed by atoms with Gasteiger partial charge in [0.1, 0.15) is 0 Å². The number of rotatable bonds is 6. The van der Waals surface area contributed by atoms with E-state index >= 15 is 0 Å². The number of hydrogen-bond acceptors (Lipinski definition) is 2. The van der Waals surface area contributed by atoms with Gasteiger partial charge in [-0.05, 0) is 24.0 Å². The monoisotopic (exact) mass is 248 g/mol. The van der Waals surface area contributed by atoms with Crippen LogP contribution in [0.3, 0.4) is 0 Å². The number of carbonyl (C=O) groups excluding carboxylic acids is 1. The lowest BCUT2D eigenvalue weighted by Gasteiger charge is -2.20. The molecular weight excluding hydrogens is 224 g/mol. The number of carbonyl (C=O) groups is 1. The molecule has 0 aliphatic heterocycles. The summed E-state index contributed by atoms with van der Waals surface area (Å²) in [5.41, 5.74) is 7.73. The standard InChI is InChI=1S/C15H24N2O/c1-4-11(2)12(3)17-15(18)9-13-7-5-6-8-14(13)10-16/h5-8,11-12H,4,9-10,16H2,1-3H3,(H,17,18). The first-order valence-electron chi connectivity index (χ1n) is 6.64. The molecule has 0 aliphatic carbocycles. The highest BCUT2D eigenvalue weighted by Gasteiger charge is 2.14. The first-order chi connectivity index (χ1) is 8.58. The first kappa shape index (κ1) is 14.7. The molecule has 0 heterocycles. The van der Waals surface area contributed by atoms with E-state index in [0.29, 0.717) is 18.9 Å². The molecular formula is C15H24N2O. The summed E-state index contributed by atoms with van der Waals surface area (Å²) < 4.78 is 0. The van der Waals surface area contributed by atoms with E-state index in [1.54, 1.807) is 0 Å². The van der Waals surface area contributed by atoms with Crippen molar-refractivity contribution >= 4 is 5.91 Å². The highest BCUT2D eigenvalue weighted by atomic mass is 16.1. The van der Waals surface area contributed by atoms with Crippen molar-refractivity contribution in [2.45, 2.75) is 46.2 Å². The maximum atomic E-state index is 12.0. The van der Waals surface area contributed by atoms with Gasteiger partial charge in [-0.1, -0.05) is 44.5 Å². The molecule has 0 aromatic heterocycles. The third-order valence-corrected chi connectivity index (χ3v) is 3.58. The lowest BCUT2D eigenvalue weighted by atomic mass is 10.00. The fourth-order valence-corrected chi connectivity index (χ4v) is 1.90. The first-order valence-corrected chi connectivity index (χ1v) is 6.64. The van der Waals surface area contributed by atoms with E-state index in [9.17, 15) is 4.79 Å². The summed E-state index contributed by atoms with van der Waals surface area (Å²) in [6.07, 6.45) is 1.48. The third-order valence-electron chi connectivity index (χ3n) is 3.58. The lowest BCUT2D eigenvalue weighted by molar-refractivity contribution is -0.121. The minimum absolute atomic E-state index is 0.0729. The second kappa shape index (κ2) is 7.17. The van der Waals surface area contributed by atoms with E-state index in [4.69, 9.17) is 5.73 Å². The number of benzene rings is 1. The number of amides is 1. The topological polar surface area (TPSA) is 55.1 Å². The average Bonchev–Trinajstić information content (AvgIpc) is 2.38. The Hall–Kier alpha value is -1.35. The van der Waals surface area contributed by atoms with E-state index < -0.39 is 0 Å². The zero-order chi connectivity index (χ0) is 13.5. The molecule has 2 unspecified atom stereocenters. The summed E-state index contributed by atoms with van der Waals surface area (Å²) in [7, 11) is 0. The molecule has 3 heteroatoms. The van der Waals surface area contributed by atoms with Gasteiger partial charge in [0.15, 0.2) is 0 Å². The quantitative estimate of drug-likeness (QED) is 0.811. The number of nitrogens with one attached hydrogen (secondary N) is 1. The largest absolute Gasteiger partial charge is 0.353 e. The van der Waals surface area contributed by atoms with Gasteiger partial charge in [0, 0.05) is 12.6 Å². The Labute approximate surface area is 110 Å². The molecule has 2 atom stereocenters. The summed E-state index contributed by atoms with van der Waals surface area (Å²) >= 11 is 0. The van der Waals surface area contributed by atoms with Gasteiger partial charge in [-0.3, -0.25) is 4.79 Å². The van der Waals surface area contributed by atoms with Gasteiger partial charge in [-0.2, -0.15) is 0 Å². The van der Waals surface area contributed by atoms with Crippen LogP contribution >= 0.6 is 0 Å². The van der Waals surface area contributed by atoms with Crippen molar-refractivity contribution < 1.29 is 4.79 Å². The van der Waals surface area contributed by atoms with Crippen LogP contribution in [0.5, 0.6) is 0 Å². The Balaban J connectivity index is 2.59. The fraction of sp³-hybridized carbons (Fsp3) is 0.533. The van der Waals surface area contributed by atoms with Crippen molar-refractivity contribution in [3.63, 3.8) is 0 Å². The van der Waals surface area contributed by atoms with Gasteiger partial charge in [0.2, 0.25) is 5.91 Å². The van der Waals surface area contributed by atoms with Crippen LogP contribution in [0.4, 0.5) is 0 Å². The Bertz CT molecular complexity index is 390. The summed E-state index contributed by atoms with van der Waals surface area (Å²) in [5.74, 6) is 0.572. The molecule has 0 bridgehead atoms. The average molecular weight is 248 g/mol. The Kier molecular flexibility index (Phi) is 5.86. The Morgan fingerprint density at radius 3 is 2.44 bits per heavy atom. The van der Waals surface area contributed by atoms with Crippen molar-refractivity contribution in [2.24, 2.45) is 11.7 Å². The van der Waals surface area contributed by atoms with Gasteiger partial charge in [-0.25, -0.2) is 0 Å². The normalized spacial score (nSPS) is 14.0. The molecule has 0 aliphatic rings. The molecule has 0 spiro atoms. The maximum Gasteiger partial charge on any atom is 0.224 e. The minimum Gasteiger partial charge on any atom is -0.353 e. The van der Waals surface area contributed by atoms with Crippen molar-refractivity contribution in [2.75, 3.05) is 0 Å². The number of nitrogens with two attached hydrogens (primary N) is 1. The van der Waals surface area contributed by atoms with Crippen LogP contribution in [0.2, 0.25) is 0 Å². The fourth-order valence-electron chi connectivity index (χ4n) is 1.90. The molecule has 0 fully saturated rings. The molecule has 0 saturated carbocycles. The SMILES string of the molecule is CCC(C)C(C)NC(=O)Cc1ccccc1CN. The van der Waals surface area contributed by atoms with E-state index in [1.165, 1.54) is 0 Å². The predicted molar refractivity (Wildman–Crippen MR) is 75.1 cm³/mol.